The van der Waals surface area contributed by atoms with Crippen molar-refractivity contribution in [2.75, 3.05) is 73.0 Å². The van der Waals surface area contributed by atoms with E-state index in [-0.39, 0.29) is 155 Å². The predicted octanol–water partition coefficient (Wildman–Crippen LogP) is 15.7. The Bertz CT molecular complexity index is 2840. The molecule has 0 spiro atoms. The van der Waals surface area contributed by atoms with Gasteiger partial charge in [-0.1, -0.05) is 150 Å². The van der Waals surface area contributed by atoms with Crippen molar-refractivity contribution in [2.45, 2.75) is 303 Å². The van der Waals surface area contributed by atoms with Crippen LogP contribution in [-0.4, -0.2) is 186 Å². The van der Waals surface area contributed by atoms with Crippen molar-refractivity contribution in [3.8, 4) is 6.07 Å². The number of nitrogens with zero attached hydrogens (tertiary/aromatic N) is 2. The molecule has 25 nitrogen and oxygen atoms in total. The Morgan fingerprint density at radius 2 is 0.866 bits per heavy atom. The zero-order valence-corrected chi connectivity index (χ0v) is 71.6. The van der Waals surface area contributed by atoms with Gasteiger partial charge in [0.05, 0.1) is 77.5 Å². The summed E-state index contributed by atoms with van der Waals surface area (Å²) < 4.78 is 92.6. The van der Waals surface area contributed by atoms with Gasteiger partial charge in [0, 0.05) is 109 Å². The summed E-state index contributed by atoms with van der Waals surface area (Å²) in [6, 6.07) is 22.7. The molecule has 0 bridgehead atoms. The van der Waals surface area contributed by atoms with Crippen LogP contribution in [0.5, 0.6) is 0 Å². The van der Waals surface area contributed by atoms with Gasteiger partial charge in [-0.15, -0.1) is 0 Å². The minimum atomic E-state index is -1.34. The predicted molar refractivity (Wildman–Crippen MR) is 435 cm³/mol. The fraction of sp³-hybridized carbons (Fsp3) is 0.776. The zero-order valence-electron chi connectivity index (χ0n) is 71.7. The number of halogens is 1. The Labute approximate surface area is 675 Å². The average molecular weight is 1610 g/mol. The monoisotopic (exact) mass is 1610 g/mol. The lowest BCUT2D eigenvalue weighted by Crippen LogP contribution is -2.47. The Morgan fingerprint density at radius 1 is 0.527 bits per heavy atom. The molecule has 2 aromatic rings. The molecule has 3 heterocycles. The first kappa shape index (κ1) is 105. The molecule has 2 aromatic carbocycles. The fourth-order valence-electron chi connectivity index (χ4n) is 12.4. The van der Waals surface area contributed by atoms with Crippen LogP contribution in [0.1, 0.15) is 235 Å². The highest BCUT2D eigenvalue weighted by Gasteiger charge is 2.43. The topological polar surface area (TPSA) is 320 Å². The number of nitrogens with one attached hydrogen (secondary N) is 2. The second-order valence-electron chi connectivity index (χ2n) is 30.2. The maximum Gasteiger partial charge on any atom is 0.303 e. The summed E-state index contributed by atoms with van der Waals surface area (Å²) in [5.74, 6) is 1.20. The molecule has 0 aromatic heterocycles. The number of amides is 2. The number of carbonyl (C=O) groups excluding carboxylic acids is 5. The van der Waals surface area contributed by atoms with Crippen LogP contribution in [0.4, 0.5) is 4.39 Å². The van der Waals surface area contributed by atoms with Gasteiger partial charge in [-0.25, -0.2) is 4.67 Å². The Morgan fingerprint density at radius 3 is 1.19 bits per heavy atom. The van der Waals surface area contributed by atoms with Gasteiger partial charge in [-0.3, -0.25) is 33.2 Å². The molecule has 0 aliphatic carbocycles. The summed E-state index contributed by atoms with van der Waals surface area (Å²) in [6.45, 7) is 43.2. The summed E-state index contributed by atoms with van der Waals surface area (Å²) in [7, 11) is -2.34. The fourth-order valence-corrected chi connectivity index (χ4v) is 14.1. The number of hydrogen-bond donors (Lipinski definition) is 4. The molecule has 5 N–H and O–H groups in total. The normalized spacial score (nSPS) is 24.4. The molecule has 5 rings (SSSR count). The minimum Gasteiger partial charge on any atom is -0.481 e. The van der Waals surface area contributed by atoms with Crippen LogP contribution in [0.25, 0.3) is 0 Å². The van der Waals surface area contributed by atoms with Gasteiger partial charge in [-0.2, -0.15) is 5.26 Å². The third-order valence-corrected chi connectivity index (χ3v) is 22.7. The van der Waals surface area contributed by atoms with Gasteiger partial charge in [0.1, 0.15) is 19.8 Å². The van der Waals surface area contributed by atoms with E-state index in [9.17, 15) is 33.2 Å². The summed E-state index contributed by atoms with van der Waals surface area (Å²) in [4.78, 5) is 68.3. The molecule has 3 aliphatic heterocycles. The molecule has 646 valence electrons. The van der Waals surface area contributed by atoms with Gasteiger partial charge < -0.3 is 82.6 Å². The van der Waals surface area contributed by atoms with E-state index in [1.807, 2.05) is 81.4 Å². The number of aliphatic carboxylic acids is 1. The SMILES string of the molecule is C.CC(=O)OCC1O[C@@H](OCCCCCC(=O)NCC(C)OCc2ccccc2)C(C)[C@@H](C)[C@H]1C.CC(=O)OCC1O[C@@H](OCCCCCC(=O)NCC(C)OP(OCCC#N)N(C(C)C)C(C)C)C(C)[C@@H](C)[C@H]1C.CC(=O)OCC1O[C@@H](OCCCCCC(=O)O)C(C)[C@@H](C)[C@H]1C.CC(CN)OCc1ccccc1.[2H]CF. The summed E-state index contributed by atoms with van der Waals surface area (Å²) in [5.41, 5.74) is 7.73. The maximum absolute atomic E-state index is 12.4. The van der Waals surface area contributed by atoms with E-state index in [0.717, 1.165) is 56.9 Å². The number of esters is 3. The number of benzene rings is 2. The molecule has 3 fully saturated rings. The van der Waals surface area contributed by atoms with Gasteiger partial charge in [0.25, 0.3) is 8.53 Å². The van der Waals surface area contributed by atoms with Crippen LogP contribution in [0.3, 0.4) is 0 Å². The Hall–Kier alpha value is -5.37. The zero-order chi connectivity index (χ0) is 84.1. The smallest absolute Gasteiger partial charge is 0.303 e. The number of carboxylic acid groups (broad SMARTS) is 1. The van der Waals surface area contributed by atoms with Gasteiger partial charge in [0.2, 0.25) is 11.8 Å². The van der Waals surface area contributed by atoms with Crippen molar-refractivity contribution in [3.05, 3.63) is 71.8 Å². The summed E-state index contributed by atoms with van der Waals surface area (Å²) in [6.07, 6.45) is 7.34. The lowest BCUT2D eigenvalue weighted by atomic mass is 9.79. The highest BCUT2D eigenvalue weighted by Crippen LogP contribution is 2.47. The number of ether oxygens (including phenoxy) is 11. The molecule has 2 amide bonds. The minimum absolute atomic E-state index is 0. The third kappa shape index (κ3) is 46.4. The lowest BCUT2D eigenvalue weighted by molar-refractivity contribution is -0.255. The van der Waals surface area contributed by atoms with E-state index in [1.54, 1.807) is 0 Å². The number of alkyl halides is 1. The van der Waals surface area contributed by atoms with Crippen molar-refractivity contribution >= 4 is 44.2 Å². The van der Waals surface area contributed by atoms with E-state index in [0.29, 0.717) is 115 Å². The maximum atomic E-state index is 12.4. The van der Waals surface area contributed by atoms with Crippen molar-refractivity contribution in [2.24, 2.45) is 59.0 Å². The quantitative estimate of drug-likeness (QED) is 0.0207. The average Bonchev–Trinajstić information content (AvgIpc) is 0.819. The first-order chi connectivity index (χ1) is 53.2. The van der Waals surface area contributed by atoms with E-state index in [2.05, 4.69) is 111 Å². The number of carbonyl (C=O) groups is 6. The molecular weight excluding hydrogens is 1460 g/mol. The molecule has 0 saturated carbocycles. The lowest BCUT2D eigenvalue weighted by Gasteiger charge is -2.43. The number of rotatable bonds is 46. The van der Waals surface area contributed by atoms with Crippen LogP contribution in [-0.2, 0) is 103 Å². The van der Waals surface area contributed by atoms with Crippen molar-refractivity contribution < 1.29 is 101 Å². The molecule has 112 heavy (non-hydrogen) atoms. The first-order valence-corrected chi connectivity index (χ1v) is 41.4. The highest BCUT2D eigenvalue weighted by atomic mass is 31.2. The molecule has 10 unspecified atom stereocenters. The molecular formula is C85H149FN5O20P. The highest BCUT2D eigenvalue weighted by molar-refractivity contribution is 7.44. The van der Waals surface area contributed by atoms with Gasteiger partial charge in [0.15, 0.2) is 18.9 Å². The van der Waals surface area contributed by atoms with Gasteiger partial charge >= 0.3 is 23.9 Å². The molecule has 27 heteroatoms. The molecule has 0 radical (unpaired) electrons. The third-order valence-electron chi connectivity index (χ3n) is 20.5. The summed E-state index contributed by atoms with van der Waals surface area (Å²) in [5, 5.41) is 23.4. The number of carboxylic acids is 1. The van der Waals surface area contributed by atoms with Crippen molar-refractivity contribution in [3.63, 3.8) is 0 Å². The first-order valence-electron chi connectivity index (χ1n) is 41.0. The van der Waals surface area contributed by atoms with Crippen LogP contribution in [0.15, 0.2) is 60.7 Å². The second-order valence-corrected chi connectivity index (χ2v) is 31.6. The van der Waals surface area contributed by atoms with Crippen molar-refractivity contribution in [1.29, 1.82) is 5.26 Å². The number of nitrogens with two attached hydrogens (primary N) is 1. The number of nitriles is 1. The summed E-state index contributed by atoms with van der Waals surface area (Å²) >= 11 is 0. The van der Waals surface area contributed by atoms with Crippen molar-refractivity contribution in [1.82, 2.24) is 15.3 Å². The molecule has 3 saturated heterocycles. The Kier molecular flexibility index (Phi) is 58.7. The van der Waals surface area contributed by atoms with Crippen LogP contribution in [0.2, 0.25) is 0 Å². The largest absolute Gasteiger partial charge is 0.481 e. The number of unbranched alkanes of at least 4 members (excludes halogenated alkanes) is 6. The number of hydrogen-bond acceptors (Lipinski definition) is 22. The molecule has 3 aliphatic rings. The van der Waals surface area contributed by atoms with E-state index < -0.39 is 21.6 Å². The Balaban J connectivity index is 0.00000155. The van der Waals surface area contributed by atoms with E-state index >= 15 is 0 Å². The second kappa shape index (κ2) is 62.9. The van der Waals surface area contributed by atoms with Crippen LogP contribution in [0, 0.1) is 64.6 Å². The van der Waals surface area contributed by atoms with E-state index in [1.165, 1.54) is 26.3 Å². The van der Waals surface area contributed by atoms with E-state index in [4.69, 9.17) is 78.6 Å². The van der Waals surface area contributed by atoms with Gasteiger partial charge in [-0.05, 0) is 134 Å². The van der Waals surface area contributed by atoms with Crippen LogP contribution < -0.4 is 16.4 Å². The molecule has 19 atom stereocenters. The van der Waals surface area contributed by atoms with Crippen LogP contribution >= 0.6 is 8.53 Å². The standard InChI is InChI=1S/C29H54N3O7P.C27H43NO6.C17H30O6.C10H15NO.CH3F.CH4/c1-20(2)32(21(3)4)40(37-17-13-15-30)39-22(5)18-31-28(34)14-11-10-12-16-35-29-25(8)23(6)24(7)27(38-29)19-36-26(9)33;1-19(32-17-24-12-8-6-9-13-24)16-28-26(30)14-10-7-11-15-31-27-22(4)20(2)21(3)25(34-27)18-33-23(5)29;1-11-12(2)15(10-22-14(4)18)23-17(13(11)3)21-9-7-5-6-8-16(19)20;1-9(7-11)12-8-10-5-3-2-4-6-10;1-2;/h20-25,27,29H,10-14,16-19H2,1-9H3,(H,31,34);6,8-9,12-13,19-22,25,27H,7,10-11,14-18H2,1-5H3,(H,28,30);11-13,15,17H,5-10H2,1-4H3,(H,19,20);2-6,9H,7-8,11H2,1H3;1H3;1H4/t22?,23-,24+,25?,27?,29+,40?;19?,20-,21+,22?,25?,27+;11-,12+,13?,15?,17+;;;/m000.../s1/i;;;;1D;.